The van der Waals surface area contributed by atoms with Gasteiger partial charge in [0.15, 0.2) is 0 Å². The van der Waals surface area contributed by atoms with Crippen LogP contribution in [0.2, 0.25) is 0 Å². The maximum Gasteiger partial charge on any atom is 0.269 e. The number of aliphatic imine (C=N–C) groups is 1. The average molecular weight is 240 g/mol. The summed E-state index contributed by atoms with van der Waals surface area (Å²) < 4.78 is 0. The summed E-state index contributed by atoms with van der Waals surface area (Å²) in [6, 6.07) is 7.90. The van der Waals surface area contributed by atoms with Crippen molar-refractivity contribution < 1.29 is 9.59 Å². The fourth-order valence-corrected chi connectivity index (χ4v) is 2.33. The Morgan fingerprint density at radius 2 is 2.17 bits per heavy atom. The van der Waals surface area contributed by atoms with E-state index in [0.29, 0.717) is 6.54 Å². The first kappa shape index (κ1) is 10.9. The van der Waals surface area contributed by atoms with Gasteiger partial charge in [-0.2, -0.15) is 0 Å². The lowest BCUT2D eigenvalue weighted by molar-refractivity contribution is -0.119. The predicted octanol–water partition coefficient (Wildman–Crippen LogP) is 1.36. The van der Waals surface area contributed by atoms with Crippen molar-refractivity contribution in [2.24, 2.45) is 10.9 Å². The number of benzene rings is 1. The fraction of sp³-hybridized carbons (Fsp3) is 0.214. The van der Waals surface area contributed by atoms with E-state index in [1.165, 1.54) is 17.9 Å². The van der Waals surface area contributed by atoms with Gasteiger partial charge in [0.05, 0.1) is 5.92 Å². The van der Waals surface area contributed by atoms with Gasteiger partial charge >= 0.3 is 0 Å². The highest BCUT2D eigenvalue weighted by Crippen LogP contribution is 2.28. The van der Waals surface area contributed by atoms with E-state index >= 15 is 0 Å². The number of fused-ring (bicyclic) bond motifs is 1. The summed E-state index contributed by atoms with van der Waals surface area (Å²) in [5.74, 6) is -0.748. The summed E-state index contributed by atoms with van der Waals surface area (Å²) in [5.41, 5.74) is 2.17. The van der Waals surface area contributed by atoms with E-state index in [2.05, 4.69) is 4.99 Å². The Balaban J connectivity index is 1.85. The predicted molar refractivity (Wildman–Crippen MR) is 68.6 cm³/mol. The van der Waals surface area contributed by atoms with Crippen LogP contribution < -0.4 is 4.90 Å². The molecular weight excluding hydrogens is 228 g/mol. The first-order chi connectivity index (χ1) is 8.75. The monoisotopic (exact) mass is 240 g/mol. The molecule has 1 atom stereocenters. The van der Waals surface area contributed by atoms with E-state index in [1.54, 1.807) is 11.0 Å². The normalized spacial score (nSPS) is 21.2. The Labute approximate surface area is 105 Å². The number of dihydropyridines is 1. The molecule has 2 aliphatic rings. The van der Waals surface area contributed by atoms with Crippen LogP contribution in [0.1, 0.15) is 5.56 Å². The number of hydrogen-bond acceptors (Lipinski definition) is 2. The summed E-state index contributed by atoms with van der Waals surface area (Å²) in [7, 11) is 0. The smallest absolute Gasteiger partial charge is 0.269 e. The standard InChI is InChI=1S/C14H12N2O2/c17-13-6-5-11(9-15-13)14(18)16-8-7-10-3-1-2-4-12(10)16/h1-6,9,11H,7-8H2. The van der Waals surface area contributed by atoms with Crippen LogP contribution in [0, 0.1) is 5.92 Å². The molecule has 0 bridgehead atoms. The molecule has 2 amide bonds. The zero-order valence-electron chi connectivity index (χ0n) is 9.74. The summed E-state index contributed by atoms with van der Waals surface area (Å²) in [6.45, 7) is 0.699. The van der Waals surface area contributed by atoms with Gasteiger partial charge in [-0.15, -0.1) is 0 Å². The van der Waals surface area contributed by atoms with Crippen molar-refractivity contribution in [2.45, 2.75) is 6.42 Å². The largest absolute Gasteiger partial charge is 0.311 e. The molecule has 3 rings (SSSR count). The minimum atomic E-state index is -0.422. The van der Waals surface area contributed by atoms with E-state index in [-0.39, 0.29) is 11.8 Å². The molecule has 0 N–H and O–H groups in total. The Kier molecular flexibility index (Phi) is 2.55. The van der Waals surface area contributed by atoms with Crippen LogP contribution in [0.3, 0.4) is 0 Å². The Hall–Kier alpha value is -2.23. The molecule has 0 aliphatic carbocycles. The summed E-state index contributed by atoms with van der Waals surface area (Å²) >= 11 is 0. The van der Waals surface area contributed by atoms with Gasteiger partial charge in [0.25, 0.3) is 5.91 Å². The van der Waals surface area contributed by atoms with Crippen LogP contribution in [0.4, 0.5) is 5.69 Å². The molecule has 4 nitrogen and oxygen atoms in total. The van der Waals surface area contributed by atoms with E-state index in [1.807, 2.05) is 24.3 Å². The first-order valence-corrected chi connectivity index (χ1v) is 5.91. The second-order valence-corrected chi connectivity index (χ2v) is 4.37. The quantitative estimate of drug-likeness (QED) is 0.744. The van der Waals surface area contributed by atoms with Crippen LogP contribution in [0.5, 0.6) is 0 Å². The number of para-hydroxylation sites is 1. The Bertz CT molecular complexity index is 559. The highest BCUT2D eigenvalue weighted by atomic mass is 16.2. The molecule has 2 aliphatic heterocycles. The number of rotatable bonds is 1. The van der Waals surface area contributed by atoms with E-state index in [0.717, 1.165) is 12.1 Å². The third-order valence-corrected chi connectivity index (χ3v) is 3.25. The Morgan fingerprint density at radius 1 is 1.33 bits per heavy atom. The van der Waals surface area contributed by atoms with Crippen molar-refractivity contribution in [1.82, 2.24) is 0 Å². The molecule has 1 unspecified atom stereocenters. The lowest BCUT2D eigenvalue weighted by Crippen LogP contribution is -2.35. The second-order valence-electron chi connectivity index (χ2n) is 4.37. The van der Waals surface area contributed by atoms with Crippen molar-refractivity contribution in [2.75, 3.05) is 11.4 Å². The third kappa shape index (κ3) is 1.76. The third-order valence-electron chi connectivity index (χ3n) is 3.25. The van der Waals surface area contributed by atoms with Gasteiger partial charge in [-0.25, -0.2) is 4.99 Å². The number of anilines is 1. The van der Waals surface area contributed by atoms with Crippen molar-refractivity contribution in [3.8, 4) is 0 Å². The summed E-state index contributed by atoms with van der Waals surface area (Å²) in [5, 5.41) is 0. The molecule has 18 heavy (non-hydrogen) atoms. The van der Waals surface area contributed by atoms with Gasteiger partial charge in [0, 0.05) is 24.5 Å². The number of nitrogens with zero attached hydrogens (tertiary/aromatic N) is 2. The topological polar surface area (TPSA) is 49.7 Å². The van der Waals surface area contributed by atoms with Crippen LogP contribution in [-0.4, -0.2) is 24.6 Å². The second kappa shape index (κ2) is 4.22. The fourth-order valence-electron chi connectivity index (χ4n) is 2.33. The van der Waals surface area contributed by atoms with Gasteiger partial charge in [-0.05, 0) is 18.1 Å². The molecular formula is C14H12N2O2. The van der Waals surface area contributed by atoms with Gasteiger partial charge in [-0.1, -0.05) is 24.3 Å². The van der Waals surface area contributed by atoms with Crippen LogP contribution in [0.15, 0.2) is 41.4 Å². The summed E-state index contributed by atoms with van der Waals surface area (Å²) in [6.07, 6.45) is 5.27. The van der Waals surface area contributed by atoms with Crippen molar-refractivity contribution >= 4 is 23.7 Å². The van der Waals surface area contributed by atoms with Crippen molar-refractivity contribution in [1.29, 1.82) is 0 Å². The molecule has 0 saturated heterocycles. The maximum absolute atomic E-state index is 12.3. The van der Waals surface area contributed by atoms with E-state index in [4.69, 9.17) is 0 Å². The SMILES string of the molecule is O=C1C=CC(C(=O)N2CCc3ccccc32)C=N1. The van der Waals surface area contributed by atoms with Crippen LogP contribution in [-0.2, 0) is 16.0 Å². The molecule has 0 spiro atoms. The molecule has 0 radical (unpaired) electrons. The highest BCUT2D eigenvalue weighted by molar-refractivity contribution is 6.10. The molecule has 4 heteroatoms. The molecule has 0 aromatic heterocycles. The zero-order valence-corrected chi connectivity index (χ0v) is 9.74. The number of carbonyl (C=O) groups is 2. The zero-order chi connectivity index (χ0) is 12.5. The first-order valence-electron chi connectivity index (χ1n) is 5.91. The van der Waals surface area contributed by atoms with E-state index < -0.39 is 5.92 Å². The number of amides is 2. The van der Waals surface area contributed by atoms with Gasteiger partial charge in [0.2, 0.25) is 5.91 Å². The number of carbonyl (C=O) groups excluding carboxylic acids is 2. The molecule has 2 heterocycles. The molecule has 1 aromatic carbocycles. The molecule has 1 aromatic rings. The van der Waals surface area contributed by atoms with Crippen molar-refractivity contribution in [3.63, 3.8) is 0 Å². The minimum Gasteiger partial charge on any atom is -0.311 e. The average Bonchev–Trinajstić information content (AvgIpc) is 2.82. The summed E-state index contributed by atoms with van der Waals surface area (Å²) in [4.78, 5) is 28.7. The number of hydrogen-bond donors (Lipinski definition) is 0. The highest BCUT2D eigenvalue weighted by Gasteiger charge is 2.28. The van der Waals surface area contributed by atoms with Gasteiger partial charge in [-0.3, -0.25) is 9.59 Å². The van der Waals surface area contributed by atoms with Crippen LogP contribution in [0.25, 0.3) is 0 Å². The van der Waals surface area contributed by atoms with Gasteiger partial charge in [0.1, 0.15) is 0 Å². The van der Waals surface area contributed by atoms with Crippen LogP contribution >= 0.6 is 0 Å². The van der Waals surface area contributed by atoms with Crippen molar-refractivity contribution in [3.05, 3.63) is 42.0 Å². The Morgan fingerprint density at radius 3 is 2.94 bits per heavy atom. The molecule has 0 fully saturated rings. The van der Waals surface area contributed by atoms with Gasteiger partial charge < -0.3 is 4.90 Å². The molecule has 0 saturated carbocycles. The van der Waals surface area contributed by atoms with E-state index in [9.17, 15) is 9.59 Å². The molecule has 90 valence electrons. The maximum atomic E-state index is 12.3. The lowest BCUT2D eigenvalue weighted by atomic mass is 10.1. The minimum absolute atomic E-state index is 0.0209. The lowest BCUT2D eigenvalue weighted by Gasteiger charge is -2.20.